The maximum Gasteiger partial charge on any atom is 0.223 e. The molecule has 2 atom stereocenters. The molecule has 94 valence electrons. The van der Waals surface area contributed by atoms with Gasteiger partial charge in [-0.1, -0.05) is 6.42 Å². The summed E-state index contributed by atoms with van der Waals surface area (Å²) in [6, 6.07) is 0.176. The first-order valence-corrected chi connectivity index (χ1v) is 5.96. The van der Waals surface area contributed by atoms with Gasteiger partial charge in [-0.05, 0) is 19.3 Å². The quantitative estimate of drug-likeness (QED) is 0.543. The van der Waals surface area contributed by atoms with Gasteiger partial charge >= 0.3 is 0 Å². The van der Waals surface area contributed by atoms with Gasteiger partial charge in [-0.3, -0.25) is 4.79 Å². The lowest BCUT2D eigenvalue weighted by Crippen LogP contribution is -2.38. The second kappa shape index (κ2) is 7.60. The van der Waals surface area contributed by atoms with E-state index in [-0.39, 0.29) is 24.5 Å². The Morgan fingerprint density at radius 3 is 2.94 bits per heavy atom. The van der Waals surface area contributed by atoms with Crippen LogP contribution in [0.25, 0.3) is 0 Å². The Kier molecular flexibility index (Phi) is 6.37. The molecule has 0 radical (unpaired) electrons. The second-order valence-corrected chi connectivity index (χ2v) is 4.25. The lowest BCUT2D eigenvalue weighted by Gasteiger charge is -2.25. The minimum absolute atomic E-state index is 0.0193. The Morgan fingerprint density at radius 2 is 2.25 bits per heavy atom. The maximum absolute atomic E-state index is 11.7. The number of amides is 1. The third kappa shape index (κ3) is 4.92. The lowest BCUT2D eigenvalue weighted by atomic mass is 9.85. The third-order valence-corrected chi connectivity index (χ3v) is 2.87. The van der Waals surface area contributed by atoms with Crippen molar-refractivity contribution >= 4 is 5.91 Å². The smallest absolute Gasteiger partial charge is 0.223 e. The lowest BCUT2D eigenvalue weighted by molar-refractivity contribution is -0.126. The largest absolute Gasteiger partial charge is 0.394 e. The van der Waals surface area contributed by atoms with Crippen molar-refractivity contribution < 1.29 is 14.6 Å². The van der Waals surface area contributed by atoms with Gasteiger partial charge in [-0.15, -0.1) is 0 Å². The fraction of sp³-hybridized carbons (Fsp3) is 0.909. The molecule has 2 unspecified atom stereocenters. The van der Waals surface area contributed by atoms with Crippen LogP contribution >= 0.6 is 0 Å². The number of hydrogen-bond donors (Lipinski definition) is 3. The van der Waals surface area contributed by atoms with Crippen molar-refractivity contribution in [3.8, 4) is 0 Å². The van der Waals surface area contributed by atoms with E-state index in [1.54, 1.807) is 0 Å². The van der Waals surface area contributed by atoms with E-state index in [4.69, 9.17) is 15.6 Å². The van der Waals surface area contributed by atoms with Crippen molar-refractivity contribution in [3.63, 3.8) is 0 Å². The van der Waals surface area contributed by atoms with Crippen molar-refractivity contribution in [2.45, 2.75) is 31.7 Å². The zero-order valence-corrected chi connectivity index (χ0v) is 9.65. The molecule has 1 rings (SSSR count). The normalized spacial score (nSPS) is 25.4. The second-order valence-electron chi connectivity index (χ2n) is 4.25. The fourth-order valence-electron chi connectivity index (χ4n) is 2.02. The molecule has 0 aromatic heterocycles. The van der Waals surface area contributed by atoms with E-state index in [1.807, 2.05) is 0 Å². The SMILES string of the molecule is NC1CCCC(C(=O)NCCOCCO)C1. The van der Waals surface area contributed by atoms with Crippen LogP contribution in [0.3, 0.4) is 0 Å². The molecule has 16 heavy (non-hydrogen) atoms. The summed E-state index contributed by atoms with van der Waals surface area (Å²) in [6.07, 6.45) is 3.81. The number of hydrogen-bond acceptors (Lipinski definition) is 4. The first-order valence-electron chi connectivity index (χ1n) is 5.96. The topological polar surface area (TPSA) is 84.6 Å². The van der Waals surface area contributed by atoms with Gasteiger partial charge in [0.15, 0.2) is 0 Å². The van der Waals surface area contributed by atoms with E-state index in [0.29, 0.717) is 19.8 Å². The van der Waals surface area contributed by atoms with Gasteiger partial charge in [0, 0.05) is 18.5 Å². The van der Waals surface area contributed by atoms with Crippen LogP contribution in [0.1, 0.15) is 25.7 Å². The number of carbonyl (C=O) groups is 1. The Balaban J connectivity index is 2.09. The van der Waals surface area contributed by atoms with E-state index >= 15 is 0 Å². The Hall–Kier alpha value is -0.650. The number of aliphatic hydroxyl groups is 1. The molecule has 0 saturated heterocycles. The van der Waals surface area contributed by atoms with Crippen molar-refractivity contribution in [1.29, 1.82) is 0 Å². The third-order valence-electron chi connectivity index (χ3n) is 2.87. The van der Waals surface area contributed by atoms with Crippen LogP contribution < -0.4 is 11.1 Å². The molecule has 4 N–H and O–H groups in total. The molecule has 0 aromatic rings. The molecule has 5 nitrogen and oxygen atoms in total. The molecule has 1 aliphatic rings. The average Bonchev–Trinajstić information content (AvgIpc) is 2.28. The summed E-state index contributed by atoms with van der Waals surface area (Å²) in [7, 11) is 0. The summed E-state index contributed by atoms with van der Waals surface area (Å²) < 4.78 is 5.05. The highest BCUT2D eigenvalue weighted by molar-refractivity contribution is 5.78. The van der Waals surface area contributed by atoms with Crippen LogP contribution in [-0.4, -0.2) is 43.4 Å². The average molecular weight is 230 g/mol. The van der Waals surface area contributed by atoms with Crippen LogP contribution in [0.15, 0.2) is 0 Å². The minimum atomic E-state index is 0.0193. The van der Waals surface area contributed by atoms with E-state index in [0.717, 1.165) is 25.7 Å². The molecule has 1 amide bonds. The molecule has 0 spiro atoms. The molecule has 5 heteroatoms. The van der Waals surface area contributed by atoms with Crippen molar-refractivity contribution in [2.75, 3.05) is 26.4 Å². The summed E-state index contributed by atoms with van der Waals surface area (Å²) >= 11 is 0. The zero-order chi connectivity index (χ0) is 11.8. The molecule has 0 aliphatic heterocycles. The summed E-state index contributed by atoms with van der Waals surface area (Å²) in [6.45, 7) is 1.30. The van der Waals surface area contributed by atoms with Crippen molar-refractivity contribution in [2.24, 2.45) is 11.7 Å². The highest BCUT2D eigenvalue weighted by Gasteiger charge is 2.24. The van der Waals surface area contributed by atoms with Gasteiger partial charge in [-0.25, -0.2) is 0 Å². The number of nitrogens with one attached hydrogen (secondary N) is 1. The molecule has 1 saturated carbocycles. The fourth-order valence-corrected chi connectivity index (χ4v) is 2.02. The van der Waals surface area contributed by atoms with Gasteiger partial charge in [0.05, 0.1) is 19.8 Å². The standard InChI is InChI=1S/C11H22N2O3/c12-10-3-1-2-9(8-10)11(15)13-4-6-16-7-5-14/h9-10,14H,1-8,12H2,(H,13,15). The van der Waals surface area contributed by atoms with E-state index in [9.17, 15) is 4.79 Å². The molecule has 0 aromatic carbocycles. The Labute approximate surface area is 96.3 Å². The Bertz CT molecular complexity index is 211. The van der Waals surface area contributed by atoms with Crippen molar-refractivity contribution in [1.82, 2.24) is 5.32 Å². The van der Waals surface area contributed by atoms with Crippen LogP contribution in [0, 0.1) is 5.92 Å². The predicted octanol–water partition coefficient (Wildman–Crippen LogP) is -0.371. The van der Waals surface area contributed by atoms with Gasteiger partial charge in [0.1, 0.15) is 0 Å². The Morgan fingerprint density at radius 1 is 1.44 bits per heavy atom. The van der Waals surface area contributed by atoms with E-state index in [1.165, 1.54) is 0 Å². The summed E-state index contributed by atoms with van der Waals surface area (Å²) in [5, 5.41) is 11.3. The van der Waals surface area contributed by atoms with Gasteiger partial charge < -0.3 is 20.9 Å². The molecule has 0 bridgehead atoms. The first-order chi connectivity index (χ1) is 7.74. The molecule has 1 fully saturated rings. The van der Waals surface area contributed by atoms with Crippen molar-refractivity contribution in [3.05, 3.63) is 0 Å². The van der Waals surface area contributed by atoms with Gasteiger partial charge in [0.2, 0.25) is 5.91 Å². The number of carbonyl (C=O) groups excluding carboxylic acids is 1. The molecular formula is C11H22N2O3. The van der Waals surface area contributed by atoms with Gasteiger partial charge in [-0.2, -0.15) is 0 Å². The van der Waals surface area contributed by atoms with Gasteiger partial charge in [0.25, 0.3) is 0 Å². The number of nitrogens with two attached hydrogens (primary N) is 1. The summed E-state index contributed by atoms with van der Waals surface area (Å²) in [5.41, 5.74) is 5.82. The van der Waals surface area contributed by atoms with Crippen LogP contribution in [0.2, 0.25) is 0 Å². The zero-order valence-electron chi connectivity index (χ0n) is 9.65. The maximum atomic E-state index is 11.7. The van der Waals surface area contributed by atoms with E-state index < -0.39 is 0 Å². The monoisotopic (exact) mass is 230 g/mol. The van der Waals surface area contributed by atoms with Crippen LogP contribution in [-0.2, 0) is 9.53 Å². The summed E-state index contributed by atoms with van der Waals surface area (Å²) in [4.78, 5) is 11.7. The number of ether oxygens (including phenoxy) is 1. The number of aliphatic hydroxyl groups excluding tert-OH is 1. The highest BCUT2D eigenvalue weighted by Crippen LogP contribution is 2.22. The summed E-state index contributed by atoms with van der Waals surface area (Å²) in [5.74, 6) is 0.157. The molecular weight excluding hydrogens is 208 g/mol. The number of rotatable bonds is 6. The van der Waals surface area contributed by atoms with Crippen LogP contribution in [0.4, 0.5) is 0 Å². The molecule has 0 heterocycles. The highest BCUT2D eigenvalue weighted by atomic mass is 16.5. The first kappa shape index (κ1) is 13.4. The van der Waals surface area contributed by atoms with E-state index in [2.05, 4.69) is 5.32 Å². The molecule has 1 aliphatic carbocycles. The minimum Gasteiger partial charge on any atom is -0.394 e. The van der Waals surface area contributed by atoms with Crippen LogP contribution in [0.5, 0.6) is 0 Å². The predicted molar refractivity (Wildman–Crippen MR) is 60.8 cm³/mol.